The van der Waals surface area contributed by atoms with E-state index in [1.807, 2.05) is 31.2 Å². The summed E-state index contributed by atoms with van der Waals surface area (Å²) in [4.78, 5) is 19.7. The van der Waals surface area contributed by atoms with Gasteiger partial charge in [-0.15, -0.1) is 0 Å². The van der Waals surface area contributed by atoms with Crippen LogP contribution in [-0.4, -0.2) is 21.1 Å². The first kappa shape index (κ1) is 24.4. The summed E-state index contributed by atoms with van der Waals surface area (Å²) in [5.74, 6) is 0.334. The molecule has 6 nitrogen and oxygen atoms in total. The van der Waals surface area contributed by atoms with Gasteiger partial charge in [-0.3, -0.25) is 4.90 Å². The highest BCUT2D eigenvalue weighted by molar-refractivity contribution is 5.86. The number of carbonyl (C=O) groups excluding carboxylic acids is 1. The van der Waals surface area contributed by atoms with Crippen molar-refractivity contribution in [1.29, 1.82) is 0 Å². The summed E-state index contributed by atoms with van der Waals surface area (Å²) >= 11 is 0. The molecule has 3 aromatic carbocycles. The van der Waals surface area contributed by atoms with Crippen LogP contribution in [0.5, 0.6) is 0 Å². The molecule has 0 fully saturated rings. The molecule has 37 heavy (non-hydrogen) atoms. The standard InChI is InChI=1S/C30H29FN4O2/c1-4-20-6-8-22(9-7-20)18-35-19(3)26(27(32-30(35)36)23-12-10-21(5-2)11-13-23)29-33-28(34-37-29)24-14-16-25(31)17-15-24/h6-17,27H,4-5,18H2,1-3H3,(H,32,36). The third kappa shape index (κ3) is 5.03. The average Bonchev–Trinajstić information content (AvgIpc) is 3.41. The topological polar surface area (TPSA) is 71.3 Å². The van der Waals surface area contributed by atoms with Gasteiger partial charge in [0.25, 0.3) is 5.89 Å². The number of benzene rings is 3. The van der Waals surface area contributed by atoms with Gasteiger partial charge in [0, 0.05) is 11.3 Å². The zero-order chi connectivity index (χ0) is 25.9. The number of nitrogens with one attached hydrogen (secondary N) is 1. The van der Waals surface area contributed by atoms with Crippen LogP contribution in [-0.2, 0) is 19.4 Å². The number of hydrogen-bond donors (Lipinski definition) is 1. The van der Waals surface area contributed by atoms with Crippen molar-refractivity contribution in [3.05, 3.63) is 112 Å². The number of hydrogen-bond acceptors (Lipinski definition) is 4. The Balaban J connectivity index is 1.56. The second-order valence-corrected chi connectivity index (χ2v) is 9.16. The normalized spacial score (nSPS) is 15.7. The number of halogens is 1. The molecule has 0 radical (unpaired) electrons. The molecule has 7 heteroatoms. The average molecular weight is 497 g/mol. The predicted molar refractivity (Wildman–Crippen MR) is 141 cm³/mol. The fraction of sp³-hybridized carbons (Fsp3) is 0.233. The van der Waals surface area contributed by atoms with E-state index in [1.54, 1.807) is 17.0 Å². The van der Waals surface area contributed by atoms with E-state index in [4.69, 9.17) is 4.52 Å². The zero-order valence-electron chi connectivity index (χ0n) is 21.2. The summed E-state index contributed by atoms with van der Waals surface area (Å²) in [6.45, 7) is 6.53. The van der Waals surface area contributed by atoms with Crippen molar-refractivity contribution in [2.45, 2.75) is 46.2 Å². The monoisotopic (exact) mass is 496 g/mol. The Kier molecular flexibility index (Phi) is 6.86. The van der Waals surface area contributed by atoms with Crippen molar-refractivity contribution in [3.8, 4) is 11.4 Å². The molecule has 0 bridgehead atoms. The van der Waals surface area contributed by atoms with Crippen molar-refractivity contribution in [2.75, 3.05) is 0 Å². The van der Waals surface area contributed by atoms with Gasteiger partial charge in [-0.05, 0) is 66.3 Å². The molecule has 0 spiro atoms. The van der Waals surface area contributed by atoms with Crippen LogP contribution in [0.15, 0.2) is 83.0 Å². The Labute approximate surface area is 215 Å². The van der Waals surface area contributed by atoms with E-state index in [9.17, 15) is 9.18 Å². The second kappa shape index (κ2) is 10.4. The summed E-state index contributed by atoms with van der Waals surface area (Å²) in [6, 6.07) is 21.7. The van der Waals surface area contributed by atoms with Crippen LogP contribution in [0.1, 0.15) is 55.0 Å². The summed E-state index contributed by atoms with van der Waals surface area (Å²) in [6.07, 6.45) is 1.88. The van der Waals surface area contributed by atoms with E-state index in [0.29, 0.717) is 23.8 Å². The van der Waals surface area contributed by atoms with Crippen LogP contribution in [0.2, 0.25) is 0 Å². The van der Waals surface area contributed by atoms with Crippen LogP contribution in [0.4, 0.5) is 9.18 Å². The molecule has 5 rings (SSSR count). The van der Waals surface area contributed by atoms with Crippen molar-refractivity contribution in [3.63, 3.8) is 0 Å². The number of amides is 2. The second-order valence-electron chi connectivity index (χ2n) is 9.16. The van der Waals surface area contributed by atoms with Gasteiger partial charge in [0.15, 0.2) is 0 Å². The molecule has 1 unspecified atom stereocenters. The van der Waals surface area contributed by atoms with E-state index in [1.165, 1.54) is 23.3 Å². The SMILES string of the molecule is CCc1ccc(CN2C(=O)NC(c3ccc(CC)cc3)C(c3nc(-c4ccc(F)cc4)no3)=C2C)cc1. The highest BCUT2D eigenvalue weighted by Crippen LogP contribution is 2.38. The van der Waals surface area contributed by atoms with Gasteiger partial charge in [0.05, 0.1) is 18.2 Å². The Hall–Kier alpha value is -4.26. The van der Waals surface area contributed by atoms with Crippen LogP contribution in [0.25, 0.3) is 17.0 Å². The minimum absolute atomic E-state index is 0.191. The van der Waals surface area contributed by atoms with Gasteiger partial charge in [0.1, 0.15) is 5.82 Å². The zero-order valence-corrected chi connectivity index (χ0v) is 21.2. The summed E-state index contributed by atoms with van der Waals surface area (Å²) in [7, 11) is 0. The summed E-state index contributed by atoms with van der Waals surface area (Å²) < 4.78 is 19.2. The lowest BCUT2D eigenvalue weighted by Gasteiger charge is -2.35. The number of nitrogens with zero attached hydrogens (tertiary/aromatic N) is 3. The molecular weight excluding hydrogens is 467 g/mol. The first-order chi connectivity index (χ1) is 18.0. The van der Waals surface area contributed by atoms with Gasteiger partial charge in [-0.1, -0.05) is 67.5 Å². The molecule has 1 aromatic heterocycles. The van der Waals surface area contributed by atoms with E-state index in [-0.39, 0.29) is 11.8 Å². The van der Waals surface area contributed by atoms with Gasteiger partial charge < -0.3 is 9.84 Å². The molecule has 2 heterocycles. The first-order valence-electron chi connectivity index (χ1n) is 12.5. The predicted octanol–water partition coefficient (Wildman–Crippen LogP) is 6.70. The first-order valence-corrected chi connectivity index (χ1v) is 12.5. The maximum atomic E-state index is 13.4. The Morgan fingerprint density at radius 1 is 0.892 bits per heavy atom. The number of allylic oxidation sites excluding steroid dienone is 1. The van der Waals surface area contributed by atoms with Gasteiger partial charge in [-0.2, -0.15) is 4.98 Å². The molecular formula is C30H29FN4O2. The van der Waals surface area contributed by atoms with Gasteiger partial charge in [0.2, 0.25) is 5.82 Å². The van der Waals surface area contributed by atoms with E-state index >= 15 is 0 Å². The van der Waals surface area contributed by atoms with Gasteiger partial charge >= 0.3 is 6.03 Å². The van der Waals surface area contributed by atoms with E-state index in [2.05, 4.69) is 53.6 Å². The lowest BCUT2D eigenvalue weighted by molar-refractivity contribution is 0.203. The molecule has 0 aliphatic carbocycles. The molecule has 1 aliphatic heterocycles. The van der Waals surface area contributed by atoms with E-state index in [0.717, 1.165) is 35.2 Å². The number of carbonyl (C=O) groups is 1. The fourth-order valence-electron chi connectivity index (χ4n) is 4.56. The largest absolute Gasteiger partial charge is 0.334 e. The third-order valence-corrected chi connectivity index (χ3v) is 6.85. The maximum absolute atomic E-state index is 13.4. The Bertz CT molecular complexity index is 1420. The molecule has 2 amide bonds. The highest BCUT2D eigenvalue weighted by atomic mass is 19.1. The Morgan fingerprint density at radius 2 is 1.49 bits per heavy atom. The number of urea groups is 1. The van der Waals surface area contributed by atoms with Crippen molar-refractivity contribution >= 4 is 11.6 Å². The van der Waals surface area contributed by atoms with Crippen LogP contribution in [0.3, 0.4) is 0 Å². The van der Waals surface area contributed by atoms with Crippen LogP contribution < -0.4 is 5.32 Å². The summed E-state index contributed by atoms with van der Waals surface area (Å²) in [5.41, 5.74) is 6.52. The number of rotatable bonds is 7. The van der Waals surface area contributed by atoms with E-state index < -0.39 is 6.04 Å². The molecule has 1 aliphatic rings. The third-order valence-electron chi connectivity index (χ3n) is 6.85. The minimum atomic E-state index is -0.460. The van der Waals surface area contributed by atoms with Crippen LogP contribution in [0, 0.1) is 5.82 Å². The smallest absolute Gasteiger partial charge is 0.322 e. The fourth-order valence-corrected chi connectivity index (χ4v) is 4.56. The minimum Gasteiger partial charge on any atom is -0.334 e. The summed E-state index contributed by atoms with van der Waals surface area (Å²) in [5, 5.41) is 7.30. The van der Waals surface area contributed by atoms with Crippen molar-refractivity contribution < 1.29 is 13.7 Å². The molecule has 1 N–H and O–H groups in total. The molecule has 0 saturated heterocycles. The van der Waals surface area contributed by atoms with Crippen LogP contribution >= 0.6 is 0 Å². The highest BCUT2D eigenvalue weighted by Gasteiger charge is 2.35. The molecule has 1 atom stereocenters. The molecule has 0 saturated carbocycles. The maximum Gasteiger partial charge on any atom is 0.322 e. The number of aromatic nitrogens is 2. The Morgan fingerprint density at radius 3 is 2.11 bits per heavy atom. The lowest BCUT2D eigenvalue weighted by atomic mass is 9.93. The van der Waals surface area contributed by atoms with Gasteiger partial charge in [-0.25, -0.2) is 9.18 Å². The quantitative estimate of drug-likeness (QED) is 0.309. The van der Waals surface area contributed by atoms with Crippen molar-refractivity contribution in [2.24, 2.45) is 0 Å². The lowest BCUT2D eigenvalue weighted by Crippen LogP contribution is -2.45. The molecule has 4 aromatic rings. The number of aryl methyl sites for hydroxylation is 2. The van der Waals surface area contributed by atoms with Crippen molar-refractivity contribution in [1.82, 2.24) is 20.4 Å². The molecule has 188 valence electrons.